The van der Waals surface area contributed by atoms with E-state index in [1.54, 1.807) is 0 Å². The third-order valence-corrected chi connectivity index (χ3v) is 9.13. The van der Waals surface area contributed by atoms with Crippen molar-refractivity contribution in [3.05, 3.63) is 39.0 Å². The van der Waals surface area contributed by atoms with Crippen molar-refractivity contribution in [1.82, 2.24) is 0 Å². The molecule has 1 aliphatic heterocycles. The third-order valence-electron chi connectivity index (χ3n) is 2.59. The molecule has 1 heterocycles. The van der Waals surface area contributed by atoms with E-state index in [1.165, 1.54) is 0 Å². The van der Waals surface area contributed by atoms with E-state index in [-0.39, 0.29) is 0 Å². The van der Waals surface area contributed by atoms with Crippen molar-refractivity contribution in [3.63, 3.8) is 0 Å². The molecule has 0 bridgehead atoms. The maximum Gasteiger partial charge on any atom is 0.186 e. The number of halogens is 6. The van der Waals surface area contributed by atoms with Gasteiger partial charge in [-0.3, -0.25) is 0 Å². The van der Waals surface area contributed by atoms with Crippen molar-refractivity contribution in [2.75, 3.05) is 0 Å². The lowest BCUT2D eigenvalue weighted by Crippen LogP contribution is -2.01. The number of ether oxygens (including phenoxy) is 2. The molecule has 0 radical (unpaired) electrons. The van der Waals surface area contributed by atoms with Crippen LogP contribution in [-0.4, -0.2) is 0 Å². The van der Waals surface area contributed by atoms with Crippen LogP contribution in [0.15, 0.2) is 39.0 Å². The molecule has 2 aromatic carbocycles. The zero-order valence-corrected chi connectivity index (χ0v) is 18.8. The minimum atomic E-state index is 0.619. The van der Waals surface area contributed by atoms with Crippen LogP contribution in [0.1, 0.15) is 0 Å². The normalized spacial score (nSPS) is 12.3. The Morgan fingerprint density at radius 2 is 0.900 bits per heavy atom. The zero-order valence-electron chi connectivity index (χ0n) is 9.24. The van der Waals surface area contributed by atoms with E-state index in [2.05, 4.69) is 95.6 Å². The summed E-state index contributed by atoms with van der Waals surface area (Å²) in [5, 5.41) is 0. The number of hydrogen-bond acceptors (Lipinski definition) is 2. The maximum atomic E-state index is 5.96. The van der Waals surface area contributed by atoms with Gasteiger partial charge in [0.2, 0.25) is 0 Å². The van der Waals surface area contributed by atoms with Gasteiger partial charge < -0.3 is 9.47 Å². The molecule has 8 heteroatoms. The molecule has 0 N–H and O–H groups in total. The molecule has 0 spiro atoms. The van der Waals surface area contributed by atoms with Crippen LogP contribution in [0.3, 0.4) is 0 Å². The van der Waals surface area contributed by atoms with Gasteiger partial charge in [0.15, 0.2) is 23.0 Å². The molecule has 0 amide bonds. The predicted octanol–water partition coefficient (Wildman–Crippen LogP) is 8.16. The van der Waals surface area contributed by atoms with Crippen LogP contribution in [0.2, 0.25) is 0 Å². The summed E-state index contributed by atoms with van der Waals surface area (Å²) in [6, 6.07) is 3.72. The Hall–Kier alpha value is 0.920. The van der Waals surface area contributed by atoms with E-state index in [0.29, 0.717) is 23.0 Å². The second-order valence-corrected chi connectivity index (χ2v) is 8.71. The Bertz CT molecular complexity index is 682. The van der Waals surface area contributed by atoms with Gasteiger partial charge in [0.1, 0.15) is 0 Å². The molecule has 1 aliphatic rings. The van der Waals surface area contributed by atoms with Crippen LogP contribution in [0.4, 0.5) is 0 Å². The van der Waals surface area contributed by atoms with Gasteiger partial charge in [-0.05, 0) is 95.6 Å². The van der Waals surface area contributed by atoms with Crippen LogP contribution in [0.25, 0.3) is 0 Å². The molecule has 0 aromatic heterocycles. The van der Waals surface area contributed by atoms with Crippen LogP contribution >= 0.6 is 95.6 Å². The fourth-order valence-electron chi connectivity index (χ4n) is 1.66. The monoisotopic (exact) mass is 652 g/mol. The first-order chi connectivity index (χ1) is 9.40. The Morgan fingerprint density at radius 1 is 0.550 bits per heavy atom. The first kappa shape index (κ1) is 15.8. The van der Waals surface area contributed by atoms with Crippen molar-refractivity contribution < 1.29 is 9.47 Å². The highest BCUT2D eigenvalue weighted by Crippen LogP contribution is 2.57. The Morgan fingerprint density at radius 3 is 1.25 bits per heavy atom. The largest absolute Gasteiger partial charge is 0.448 e. The minimum Gasteiger partial charge on any atom is -0.448 e. The molecule has 0 unspecified atom stereocenters. The molecular formula is C12H2Br6O2. The molecule has 0 atom stereocenters. The summed E-state index contributed by atoms with van der Waals surface area (Å²) in [4.78, 5) is 0. The smallest absolute Gasteiger partial charge is 0.186 e. The summed E-state index contributed by atoms with van der Waals surface area (Å²) >= 11 is 20.9. The molecule has 104 valence electrons. The van der Waals surface area contributed by atoms with Crippen molar-refractivity contribution in [1.29, 1.82) is 0 Å². The molecule has 2 nitrogen and oxygen atoms in total. The minimum absolute atomic E-state index is 0.619. The van der Waals surface area contributed by atoms with Gasteiger partial charge in [0.05, 0.1) is 17.9 Å². The highest BCUT2D eigenvalue weighted by atomic mass is 79.9. The summed E-state index contributed by atoms with van der Waals surface area (Å²) in [5.41, 5.74) is 0. The van der Waals surface area contributed by atoms with E-state index in [9.17, 15) is 0 Å². The van der Waals surface area contributed by atoms with Crippen molar-refractivity contribution in [2.45, 2.75) is 0 Å². The van der Waals surface area contributed by atoms with Crippen LogP contribution < -0.4 is 9.47 Å². The van der Waals surface area contributed by atoms with Gasteiger partial charge in [0, 0.05) is 21.1 Å². The van der Waals surface area contributed by atoms with E-state index >= 15 is 0 Å². The average Bonchev–Trinajstić information content (AvgIpc) is 2.43. The third kappa shape index (κ3) is 2.54. The molecular weight excluding hydrogens is 656 g/mol. The lowest BCUT2D eigenvalue weighted by molar-refractivity contribution is 0.354. The zero-order chi connectivity index (χ0) is 14.6. The summed E-state index contributed by atoms with van der Waals surface area (Å²) in [6.45, 7) is 0. The molecule has 0 aliphatic carbocycles. The first-order valence-electron chi connectivity index (χ1n) is 5.11. The summed E-state index contributed by atoms with van der Waals surface area (Å²) in [5.74, 6) is 2.53. The quantitative estimate of drug-likeness (QED) is 0.180. The van der Waals surface area contributed by atoms with E-state index in [4.69, 9.17) is 9.47 Å². The Labute approximate surface area is 165 Å². The number of benzene rings is 2. The van der Waals surface area contributed by atoms with Crippen LogP contribution in [0.5, 0.6) is 23.0 Å². The molecule has 0 fully saturated rings. The summed E-state index contributed by atoms with van der Waals surface area (Å²) in [6.07, 6.45) is 0. The van der Waals surface area contributed by atoms with E-state index in [0.717, 1.165) is 26.8 Å². The van der Waals surface area contributed by atoms with Gasteiger partial charge in [-0.1, -0.05) is 0 Å². The summed E-state index contributed by atoms with van der Waals surface area (Å²) in [7, 11) is 0. The van der Waals surface area contributed by atoms with Crippen LogP contribution in [0, 0.1) is 0 Å². The lowest BCUT2D eigenvalue weighted by atomic mass is 10.2. The van der Waals surface area contributed by atoms with Gasteiger partial charge in [0.25, 0.3) is 0 Å². The molecule has 0 saturated carbocycles. The van der Waals surface area contributed by atoms with Gasteiger partial charge in [-0.2, -0.15) is 0 Å². The van der Waals surface area contributed by atoms with Gasteiger partial charge >= 0.3 is 0 Å². The van der Waals surface area contributed by atoms with E-state index < -0.39 is 0 Å². The number of fused-ring (bicyclic) bond motifs is 2. The lowest BCUT2D eigenvalue weighted by Gasteiger charge is -2.24. The Kier molecular flexibility index (Phi) is 4.62. The highest BCUT2D eigenvalue weighted by Gasteiger charge is 2.28. The maximum absolute atomic E-state index is 5.96. The standard InChI is InChI=1S/C12H2Br6O2/c13-3-1-5-6(2-4(3)14)20-12-10(18)8(16)7(15)9(17)11(12)19-5/h1-2H. The molecule has 2 aromatic rings. The SMILES string of the molecule is Brc1cc2c(cc1Br)Oc1c(Br)c(Br)c(Br)c(Br)c1O2. The second kappa shape index (κ2) is 5.85. The van der Waals surface area contributed by atoms with Gasteiger partial charge in [-0.25, -0.2) is 0 Å². The first-order valence-corrected chi connectivity index (χ1v) is 9.86. The van der Waals surface area contributed by atoms with Crippen LogP contribution in [-0.2, 0) is 0 Å². The Balaban J connectivity index is 2.23. The van der Waals surface area contributed by atoms with E-state index in [1.807, 2.05) is 12.1 Å². The fraction of sp³-hybridized carbons (Fsp3) is 0. The average molecular weight is 658 g/mol. The molecule has 20 heavy (non-hydrogen) atoms. The summed E-state index contributed by atoms with van der Waals surface area (Å²) < 4.78 is 17.0. The highest BCUT2D eigenvalue weighted by molar-refractivity contribution is 9.15. The molecule has 0 saturated heterocycles. The van der Waals surface area contributed by atoms with Crippen molar-refractivity contribution in [2.24, 2.45) is 0 Å². The van der Waals surface area contributed by atoms with Gasteiger partial charge in [-0.15, -0.1) is 0 Å². The fourth-order valence-corrected chi connectivity index (χ4v) is 4.52. The second-order valence-electron chi connectivity index (χ2n) is 3.83. The number of rotatable bonds is 0. The predicted molar refractivity (Wildman–Crippen MR) is 99.2 cm³/mol. The topological polar surface area (TPSA) is 18.5 Å². The number of hydrogen-bond donors (Lipinski definition) is 0. The molecule has 3 rings (SSSR count). The van der Waals surface area contributed by atoms with Crippen molar-refractivity contribution in [3.8, 4) is 23.0 Å². The van der Waals surface area contributed by atoms with Crippen molar-refractivity contribution >= 4 is 95.6 Å².